The quantitative estimate of drug-likeness (QED) is 0.554. The van der Waals surface area contributed by atoms with Crippen LogP contribution in [-0.2, 0) is 20.7 Å². The molecule has 9 heteroatoms. The topological polar surface area (TPSA) is 93.3 Å². The highest BCUT2D eigenvalue weighted by Gasteiger charge is 2.49. The van der Waals surface area contributed by atoms with Crippen molar-refractivity contribution >= 4 is 22.7 Å². The molecule has 1 aromatic heterocycles. The zero-order chi connectivity index (χ0) is 25.7. The Hall–Kier alpha value is -3.72. The van der Waals surface area contributed by atoms with Crippen molar-refractivity contribution in [1.29, 1.82) is 0 Å². The first kappa shape index (κ1) is 23.7. The Balaban J connectivity index is 1.49. The van der Waals surface area contributed by atoms with Crippen molar-refractivity contribution in [2.75, 3.05) is 41.0 Å². The van der Waals surface area contributed by atoms with E-state index in [-0.39, 0.29) is 24.5 Å². The lowest BCUT2D eigenvalue weighted by molar-refractivity contribution is -0.159. The number of hydrogen-bond acceptors (Lipinski definition) is 6. The first-order valence-corrected chi connectivity index (χ1v) is 12.6. The van der Waals surface area contributed by atoms with Gasteiger partial charge in [0.15, 0.2) is 11.5 Å². The number of nitrogens with zero attached hydrogens (tertiary/aromatic N) is 2. The summed E-state index contributed by atoms with van der Waals surface area (Å²) in [7, 11) is 4.69. The van der Waals surface area contributed by atoms with Gasteiger partial charge in [-0.2, -0.15) is 0 Å². The number of aromatic amines is 1. The number of fused-ring (bicyclic) bond motifs is 4. The Morgan fingerprint density at radius 3 is 2.49 bits per heavy atom. The van der Waals surface area contributed by atoms with Crippen molar-refractivity contribution in [1.82, 2.24) is 14.8 Å². The molecule has 0 radical (unpaired) electrons. The molecule has 6 rings (SSSR count). The van der Waals surface area contributed by atoms with E-state index >= 15 is 0 Å². The third kappa shape index (κ3) is 3.80. The van der Waals surface area contributed by atoms with Gasteiger partial charge in [0.2, 0.25) is 17.6 Å². The summed E-state index contributed by atoms with van der Waals surface area (Å²) in [6.07, 6.45) is 2.33. The molecule has 37 heavy (non-hydrogen) atoms. The second-order valence-electron chi connectivity index (χ2n) is 9.80. The lowest BCUT2D eigenvalue weighted by atomic mass is 9.86. The van der Waals surface area contributed by atoms with E-state index in [1.807, 2.05) is 30.3 Å². The predicted molar refractivity (Wildman–Crippen MR) is 136 cm³/mol. The minimum atomic E-state index is -0.613. The van der Waals surface area contributed by atoms with Gasteiger partial charge in [-0.05, 0) is 42.2 Å². The maximum atomic E-state index is 13.9. The van der Waals surface area contributed by atoms with Gasteiger partial charge in [-0.3, -0.25) is 9.59 Å². The highest BCUT2D eigenvalue weighted by Crippen LogP contribution is 2.47. The molecular weight excluding hydrogens is 474 g/mol. The fraction of sp³-hybridized carbons (Fsp3) is 0.429. The van der Waals surface area contributed by atoms with Crippen LogP contribution in [0.1, 0.15) is 35.7 Å². The summed E-state index contributed by atoms with van der Waals surface area (Å²) in [5, 5.41) is 1.06. The number of aromatic nitrogens is 1. The van der Waals surface area contributed by atoms with E-state index in [0.717, 1.165) is 40.6 Å². The first-order valence-electron chi connectivity index (χ1n) is 12.6. The number of piperazine rings is 1. The summed E-state index contributed by atoms with van der Waals surface area (Å²) in [5.41, 5.74) is 3.71. The number of methoxy groups -OCH3 is 3. The molecule has 0 aliphatic carbocycles. The number of carbonyl (C=O) groups excluding carboxylic acids is 2. The number of carbonyl (C=O) groups is 2. The summed E-state index contributed by atoms with van der Waals surface area (Å²) in [5.74, 6) is 1.33. The number of H-pyrrole nitrogens is 1. The highest BCUT2D eigenvalue weighted by atomic mass is 16.5. The summed E-state index contributed by atoms with van der Waals surface area (Å²) < 4.78 is 22.6. The molecule has 2 fully saturated rings. The van der Waals surface area contributed by atoms with Crippen molar-refractivity contribution in [3.8, 4) is 17.2 Å². The van der Waals surface area contributed by atoms with E-state index < -0.39 is 12.1 Å². The lowest BCUT2D eigenvalue weighted by Crippen LogP contribution is -2.63. The molecule has 3 aliphatic heterocycles. The molecule has 4 heterocycles. The van der Waals surface area contributed by atoms with Crippen LogP contribution in [0.2, 0.25) is 0 Å². The van der Waals surface area contributed by atoms with Gasteiger partial charge < -0.3 is 33.7 Å². The van der Waals surface area contributed by atoms with E-state index in [2.05, 4.69) is 11.1 Å². The van der Waals surface area contributed by atoms with Crippen LogP contribution < -0.4 is 14.2 Å². The summed E-state index contributed by atoms with van der Waals surface area (Å²) in [6.45, 7) is 1.19. The number of benzene rings is 2. The molecule has 194 valence electrons. The van der Waals surface area contributed by atoms with Gasteiger partial charge in [-0.15, -0.1) is 0 Å². The second-order valence-corrected chi connectivity index (χ2v) is 9.80. The third-order valence-electron chi connectivity index (χ3n) is 7.79. The minimum absolute atomic E-state index is 0.0125. The van der Waals surface area contributed by atoms with Crippen LogP contribution in [0.5, 0.6) is 17.2 Å². The number of nitrogens with one attached hydrogen (secondary N) is 1. The molecule has 0 bridgehead atoms. The SMILES string of the molecule is COc1cc([C@@H]2c3[nH]c4ccccc4c3C[C@@H]3C(=O)N(C[C@H]4CCCO4)CC(=O)N23)cc(OC)c1OC. The molecular formula is C28H31N3O6. The van der Waals surface area contributed by atoms with Gasteiger partial charge in [-0.1, -0.05) is 18.2 Å². The zero-order valence-electron chi connectivity index (χ0n) is 21.3. The smallest absolute Gasteiger partial charge is 0.246 e. The van der Waals surface area contributed by atoms with Gasteiger partial charge >= 0.3 is 0 Å². The molecule has 3 aliphatic rings. The standard InChI is InChI=1S/C28H31N3O6/c1-34-22-11-16(12-23(35-2)27(22)36-3)26-25-19(18-8-4-5-9-20(18)29-25)13-21-28(33)30(15-24(32)31(21)26)14-17-7-6-10-37-17/h4-5,8-9,11-12,17,21,26,29H,6-7,10,13-15H2,1-3H3/t17-,21-,26-/m1/s1. The second kappa shape index (κ2) is 9.30. The predicted octanol–water partition coefficient (Wildman–Crippen LogP) is 3.06. The molecule has 1 N–H and O–H groups in total. The van der Waals surface area contributed by atoms with Crippen molar-refractivity contribution in [3.63, 3.8) is 0 Å². The van der Waals surface area contributed by atoms with Crippen LogP contribution in [0.25, 0.3) is 10.9 Å². The van der Waals surface area contributed by atoms with Crippen LogP contribution >= 0.6 is 0 Å². The van der Waals surface area contributed by atoms with E-state index in [0.29, 0.717) is 36.8 Å². The minimum Gasteiger partial charge on any atom is -0.493 e. The summed E-state index contributed by atoms with van der Waals surface area (Å²) in [4.78, 5) is 34.7. The van der Waals surface area contributed by atoms with Gasteiger partial charge in [0.25, 0.3) is 0 Å². The molecule has 2 aromatic carbocycles. The third-order valence-corrected chi connectivity index (χ3v) is 7.79. The number of para-hydroxylation sites is 1. The molecule has 2 saturated heterocycles. The Bertz CT molecular complexity index is 1340. The number of hydrogen-bond donors (Lipinski definition) is 1. The van der Waals surface area contributed by atoms with Crippen LogP contribution in [0.15, 0.2) is 36.4 Å². The Kier molecular flexibility index (Phi) is 5.95. The number of amides is 2. The molecule has 0 saturated carbocycles. The van der Waals surface area contributed by atoms with Gasteiger partial charge in [0.1, 0.15) is 6.04 Å². The molecule has 3 atom stereocenters. The van der Waals surface area contributed by atoms with Crippen molar-refractivity contribution in [2.45, 2.75) is 37.5 Å². The number of rotatable bonds is 6. The largest absolute Gasteiger partial charge is 0.493 e. The maximum absolute atomic E-state index is 13.9. The number of ether oxygens (including phenoxy) is 4. The highest BCUT2D eigenvalue weighted by molar-refractivity contribution is 5.97. The summed E-state index contributed by atoms with van der Waals surface area (Å²) in [6, 6.07) is 10.6. The van der Waals surface area contributed by atoms with E-state index in [1.54, 1.807) is 31.1 Å². The summed E-state index contributed by atoms with van der Waals surface area (Å²) >= 11 is 0. The van der Waals surface area contributed by atoms with Gasteiger partial charge in [0, 0.05) is 36.2 Å². The maximum Gasteiger partial charge on any atom is 0.246 e. The van der Waals surface area contributed by atoms with Crippen LogP contribution in [-0.4, -0.2) is 79.8 Å². The molecule has 2 amide bonds. The monoisotopic (exact) mass is 505 g/mol. The normalized spacial score (nSPS) is 23.3. The van der Waals surface area contributed by atoms with Crippen molar-refractivity contribution in [2.24, 2.45) is 0 Å². The van der Waals surface area contributed by atoms with E-state index in [4.69, 9.17) is 18.9 Å². The molecule has 0 spiro atoms. The first-order chi connectivity index (χ1) is 18.0. The Morgan fingerprint density at radius 2 is 1.81 bits per heavy atom. The Labute approximate surface area is 215 Å². The fourth-order valence-electron chi connectivity index (χ4n) is 6.12. The van der Waals surface area contributed by atoms with E-state index in [9.17, 15) is 9.59 Å². The van der Waals surface area contributed by atoms with Gasteiger partial charge in [-0.25, -0.2) is 0 Å². The molecule has 9 nitrogen and oxygen atoms in total. The van der Waals surface area contributed by atoms with E-state index in [1.165, 1.54) is 0 Å². The Morgan fingerprint density at radius 1 is 1.05 bits per heavy atom. The van der Waals surface area contributed by atoms with Crippen LogP contribution in [0, 0.1) is 0 Å². The van der Waals surface area contributed by atoms with Crippen LogP contribution in [0.3, 0.4) is 0 Å². The fourth-order valence-corrected chi connectivity index (χ4v) is 6.12. The molecule has 3 aromatic rings. The average molecular weight is 506 g/mol. The van der Waals surface area contributed by atoms with Gasteiger partial charge in [0.05, 0.1) is 40.0 Å². The van der Waals surface area contributed by atoms with Crippen LogP contribution in [0.4, 0.5) is 0 Å². The lowest BCUT2D eigenvalue weighted by Gasteiger charge is -2.47. The average Bonchev–Trinajstić information content (AvgIpc) is 3.57. The molecule has 0 unspecified atom stereocenters. The zero-order valence-corrected chi connectivity index (χ0v) is 21.3. The van der Waals surface area contributed by atoms with Crippen molar-refractivity contribution < 1.29 is 28.5 Å². The van der Waals surface area contributed by atoms with Crippen molar-refractivity contribution in [3.05, 3.63) is 53.2 Å².